The number of nitro benzene ring substituents is 1. The number of fused-ring (bicyclic) bond motifs is 1. The number of carbonyl (C=O) groups excluding carboxylic acids is 1. The third kappa shape index (κ3) is 4.60. The second-order valence-corrected chi connectivity index (χ2v) is 8.97. The number of amides is 1. The van der Waals surface area contributed by atoms with Gasteiger partial charge in [-0.15, -0.1) is 5.10 Å². The van der Waals surface area contributed by atoms with Crippen LogP contribution in [0.3, 0.4) is 0 Å². The summed E-state index contributed by atoms with van der Waals surface area (Å²) >= 11 is 1.49. The minimum atomic E-state index is -0.788. The van der Waals surface area contributed by atoms with Crippen LogP contribution in [-0.4, -0.2) is 36.5 Å². The molecule has 0 radical (unpaired) electrons. The van der Waals surface area contributed by atoms with Gasteiger partial charge in [0.2, 0.25) is 11.1 Å². The van der Waals surface area contributed by atoms with Gasteiger partial charge in [0.15, 0.2) is 5.75 Å². The van der Waals surface area contributed by atoms with E-state index < -0.39 is 22.4 Å². The topological polar surface area (TPSA) is 135 Å². The Balaban J connectivity index is 1.81. The van der Waals surface area contributed by atoms with Crippen LogP contribution in [0, 0.1) is 17.0 Å². The number of benzene rings is 2. The molecule has 1 amide bonds. The van der Waals surface area contributed by atoms with Crippen molar-refractivity contribution in [3.8, 4) is 5.75 Å². The minimum Gasteiger partial charge on any atom is -0.502 e. The molecule has 10 nitrogen and oxygen atoms in total. The Morgan fingerprint density at radius 3 is 2.79 bits per heavy atom. The SMILES string of the molecule is CCCSc1nc2n(n1)C(c1ccc(O)c([N+](=O)[O-])c1)C(C(=O)Nc1cccc(C)c1)=C(C)N2. The van der Waals surface area contributed by atoms with Gasteiger partial charge in [0.05, 0.1) is 10.5 Å². The van der Waals surface area contributed by atoms with Gasteiger partial charge in [-0.2, -0.15) is 4.98 Å². The summed E-state index contributed by atoms with van der Waals surface area (Å²) in [6, 6.07) is 10.7. The highest BCUT2D eigenvalue weighted by Crippen LogP contribution is 2.39. The van der Waals surface area contributed by atoms with Crippen molar-refractivity contribution < 1.29 is 14.8 Å². The first-order valence-electron chi connectivity index (χ1n) is 10.7. The smallest absolute Gasteiger partial charge is 0.311 e. The van der Waals surface area contributed by atoms with E-state index in [-0.39, 0.29) is 5.91 Å². The number of nitro groups is 1. The van der Waals surface area contributed by atoms with E-state index in [9.17, 15) is 20.0 Å². The molecule has 0 aliphatic carbocycles. The number of nitrogens with zero attached hydrogens (tertiary/aromatic N) is 4. The fraction of sp³-hybridized carbons (Fsp3) is 0.261. The molecule has 2 heterocycles. The zero-order valence-corrected chi connectivity index (χ0v) is 19.7. The lowest BCUT2D eigenvalue weighted by atomic mass is 9.94. The van der Waals surface area contributed by atoms with Crippen LogP contribution in [0.15, 0.2) is 58.9 Å². The van der Waals surface area contributed by atoms with E-state index in [2.05, 4.69) is 27.6 Å². The molecule has 2 aromatic carbocycles. The van der Waals surface area contributed by atoms with Crippen LogP contribution < -0.4 is 10.6 Å². The number of aryl methyl sites for hydroxylation is 1. The Labute approximate surface area is 200 Å². The van der Waals surface area contributed by atoms with Crippen molar-refractivity contribution >= 4 is 35.0 Å². The summed E-state index contributed by atoms with van der Waals surface area (Å²) in [6.07, 6.45) is 0.941. The van der Waals surface area contributed by atoms with Crippen molar-refractivity contribution in [2.45, 2.75) is 38.4 Å². The summed E-state index contributed by atoms with van der Waals surface area (Å²) in [5.74, 6) is 0.433. The monoisotopic (exact) mass is 480 g/mol. The summed E-state index contributed by atoms with van der Waals surface area (Å²) in [4.78, 5) is 28.8. The minimum absolute atomic E-state index is 0.339. The average molecular weight is 481 g/mol. The number of allylic oxidation sites excluding steroid dienone is 1. The number of phenols is 1. The third-order valence-electron chi connectivity index (χ3n) is 5.30. The van der Waals surface area contributed by atoms with E-state index >= 15 is 0 Å². The molecular formula is C23H24N6O4S. The van der Waals surface area contributed by atoms with Crippen molar-refractivity contribution in [2.75, 3.05) is 16.4 Å². The Morgan fingerprint density at radius 1 is 1.29 bits per heavy atom. The standard InChI is InChI=1S/C23H24N6O4S/c1-4-10-34-23-26-22-24-14(3)19(21(31)25-16-7-5-6-13(2)11-16)20(28(22)27-23)15-8-9-18(30)17(12-15)29(32)33/h5-9,11-12,20,30H,4,10H2,1-3H3,(H,25,31)(H,24,26,27). The number of phenolic OH excluding ortho intramolecular Hbond substituents is 1. The van der Waals surface area contributed by atoms with Crippen LogP contribution in [0.25, 0.3) is 0 Å². The highest BCUT2D eigenvalue weighted by Gasteiger charge is 2.35. The lowest BCUT2D eigenvalue weighted by Gasteiger charge is -2.28. The first kappa shape index (κ1) is 23.3. The van der Waals surface area contributed by atoms with Gasteiger partial charge in [-0.1, -0.05) is 36.9 Å². The van der Waals surface area contributed by atoms with Crippen LogP contribution in [0.2, 0.25) is 0 Å². The van der Waals surface area contributed by atoms with Gasteiger partial charge in [-0.05, 0) is 49.6 Å². The summed E-state index contributed by atoms with van der Waals surface area (Å²) in [5.41, 5.74) is 2.49. The number of anilines is 2. The number of thioether (sulfide) groups is 1. The van der Waals surface area contributed by atoms with Gasteiger partial charge in [0.25, 0.3) is 5.91 Å². The summed E-state index contributed by atoms with van der Waals surface area (Å²) in [6.45, 7) is 5.74. The largest absolute Gasteiger partial charge is 0.502 e. The van der Waals surface area contributed by atoms with Crippen LogP contribution in [0.1, 0.15) is 37.4 Å². The van der Waals surface area contributed by atoms with Crippen LogP contribution >= 0.6 is 11.8 Å². The van der Waals surface area contributed by atoms with E-state index in [0.717, 1.165) is 17.7 Å². The third-order valence-corrected chi connectivity index (χ3v) is 6.34. The normalized spacial score (nSPS) is 15.0. The summed E-state index contributed by atoms with van der Waals surface area (Å²) in [7, 11) is 0. The number of aromatic nitrogens is 3. The predicted molar refractivity (Wildman–Crippen MR) is 130 cm³/mol. The Hall–Kier alpha value is -3.86. The molecule has 1 unspecified atom stereocenters. The van der Waals surface area contributed by atoms with Crippen LogP contribution in [-0.2, 0) is 4.79 Å². The van der Waals surface area contributed by atoms with Gasteiger partial charge in [-0.25, -0.2) is 4.68 Å². The maximum absolute atomic E-state index is 13.5. The van der Waals surface area contributed by atoms with Crippen LogP contribution in [0.4, 0.5) is 17.3 Å². The molecular weight excluding hydrogens is 456 g/mol. The molecule has 0 saturated heterocycles. The molecule has 4 rings (SSSR count). The van der Waals surface area contributed by atoms with Crippen molar-refractivity contribution in [3.05, 3.63) is 75.0 Å². The van der Waals surface area contributed by atoms with Gasteiger partial charge < -0.3 is 15.7 Å². The molecule has 1 aliphatic heterocycles. The number of rotatable bonds is 7. The summed E-state index contributed by atoms with van der Waals surface area (Å²) < 4.78 is 1.56. The Kier molecular flexibility index (Phi) is 6.55. The zero-order valence-electron chi connectivity index (χ0n) is 18.9. The second-order valence-electron chi connectivity index (χ2n) is 7.91. The highest BCUT2D eigenvalue weighted by molar-refractivity contribution is 7.99. The van der Waals surface area contributed by atoms with Gasteiger partial charge in [-0.3, -0.25) is 14.9 Å². The molecule has 0 fully saturated rings. The second kappa shape index (κ2) is 9.56. The molecule has 0 spiro atoms. The Morgan fingerprint density at radius 2 is 2.09 bits per heavy atom. The number of hydrogen-bond acceptors (Lipinski definition) is 8. The molecule has 176 valence electrons. The number of hydrogen-bond donors (Lipinski definition) is 3. The average Bonchev–Trinajstić information content (AvgIpc) is 3.19. The molecule has 34 heavy (non-hydrogen) atoms. The molecule has 11 heteroatoms. The molecule has 1 aliphatic rings. The quantitative estimate of drug-likeness (QED) is 0.253. The van der Waals surface area contributed by atoms with Crippen molar-refractivity contribution in [2.24, 2.45) is 0 Å². The van der Waals surface area contributed by atoms with Gasteiger partial charge in [0, 0.05) is 23.2 Å². The van der Waals surface area contributed by atoms with Gasteiger partial charge in [0.1, 0.15) is 6.04 Å². The molecule has 0 saturated carbocycles. The Bertz CT molecular complexity index is 1300. The van der Waals surface area contributed by atoms with E-state index in [0.29, 0.717) is 33.6 Å². The lowest BCUT2D eigenvalue weighted by Crippen LogP contribution is -2.31. The lowest BCUT2D eigenvalue weighted by molar-refractivity contribution is -0.385. The first-order chi connectivity index (χ1) is 16.3. The van der Waals surface area contributed by atoms with E-state index in [1.54, 1.807) is 23.7 Å². The van der Waals surface area contributed by atoms with E-state index in [1.807, 2.05) is 25.1 Å². The highest BCUT2D eigenvalue weighted by atomic mass is 32.2. The van der Waals surface area contributed by atoms with Crippen LogP contribution in [0.5, 0.6) is 5.75 Å². The number of aromatic hydroxyl groups is 1. The van der Waals surface area contributed by atoms with Crippen molar-refractivity contribution in [1.29, 1.82) is 0 Å². The maximum atomic E-state index is 13.5. The zero-order chi connectivity index (χ0) is 24.4. The first-order valence-corrected chi connectivity index (χ1v) is 11.7. The van der Waals surface area contributed by atoms with E-state index in [4.69, 9.17) is 0 Å². The number of carbonyl (C=O) groups is 1. The molecule has 1 aromatic heterocycles. The molecule has 0 bridgehead atoms. The maximum Gasteiger partial charge on any atom is 0.311 e. The predicted octanol–water partition coefficient (Wildman–Crippen LogP) is 4.63. The fourth-order valence-electron chi connectivity index (χ4n) is 3.77. The van der Waals surface area contributed by atoms with Crippen molar-refractivity contribution in [1.82, 2.24) is 14.8 Å². The van der Waals surface area contributed by atoms with Crippen molar-refractivity contribution in [3.63, 3.8) is 0 Å². The molecule has 1 atom stereocenters. The van der Waals surface area contributed by atoms with E-state index in [1.165, 1.54) is 23.9 Å². The number of nitrogens with one attached hydrogen (secondary N) is 2. The summed E-state index contributed by atoms with van der Waals surface area (Å²) in [5, 5.41) is 32.6. The van der Waals surface area contributed by atoms with Gasteiger partial charge >= 0.3 is 5.69 Å². The molecule has 3 aromatic rings. The molecule has 3 N–H and O–H groups in total. The fourth-order valence-corrected chi connectivity index (χ4v) is 4.45.